The summed E-state index contributed by atoms with van der Waals surface area (Å²) in [5, 5.41) is 21.0. The molecule has 1 heterocycles. The molecule has 33 heavy (non-hydrogen) atoms. The number of alkyl halides is 3. The monoisotopic (exact) mass is 470 g/mol. The second-order valence-electron chi connectivity index (χ2n) is 12.7. The zero-order valence-corrected chi connectivity index (χ0v) is 20.2. The van der Waals surface area contributed by atoms with E-state index in [1.54, 1.807) is 0 Å². The Balaban J connectivity index is 1.28. The highest BCUT2D eigenvalue weighted by Crippen LogP contribution is 2.67. The average molecular weight is 471 g/mol. The average Bonchev–Trinajstić information content (AvgIpc) is 3.31. The topological polar surface area (TPSA) is 49.7 Å². The molecule has 0 aromatic rings. The summed E-state index contributed by atoms with van der Waals surface area (Å²) in [4.78, 5) is 0. The lowest BCUT2D eigenvalue weighted by atomic mass is 9.46. The van der Waals surface area contributed by atoms with E-state index in [4.69, 9.17) is 4.74 Å². The number of aliphatic hydroxyl groups is 2. The SMILES string of the molecule is C[C@]12CC[C@H]3[C@@H](CC=C4C[C@](O)(C(F)(F)F)CC[C@@]43C)[C@@H]1CC[C@H]2CCCC1(O)CCOC1. The summed E-state index contributed by atoms with van der Waals surface area (Å²) < 4.78 is 46.0. The van der Waals surface area contributed by atoms with Crippen LogP contribution in [0.5, 0.6) is 0 Å². The Hall–Kier alpha value is -0.590. The smallest absolute Gasteiger partial charge is 0.387 e. The molecule has 6 heteroatoms. The van der Waals surface area contributed by atoms with Crippen molar-refractivity contribution < 1.29 is 28.1 Å². The van der Waals surface area contributed by atoms with Crippen LogP contribution < -0.4 is 0 Å². The highest BCUT2D eigenvalue weighted by atomic mass is 19.4. The molecule has 1 aliphatic heterocycles. The predicted octanol–water partition coefficient (Wildman–Crippen LogP) is 6.18. The third kappa shape index (κ3) is 3.81. The molecular formula is C27H41F3O3. The number of rotatable bonds is 4. The Morgan fingerprint density at radius 1 is 1.03 bits per heavy atom. The van der Waals surface area contributed by atoms with Crippen molar-refractivity contribution in [1.82, 2.24) is 0 Å². The van der Waals surface area contributed by atoms with Gasteiger partial charge in [0.25, 0.3) is 0 Å². The summed E-state index contributed by atoms with van der Waals surface area (Å²) >= 11 is 0. The normalized spacial score (nSPS) is 49.8. The number of fused-ring (bicyclic) bond motifs is 5. The van der Waals surface area contributed by atoms with Crippen molar-refractivity contribution in [1.29, 1.82) is 0 Å². The van der Waals surface area contributed by atoms with Gasteiger partial charge in [0.15, 0.2) is 5.60 Å². The predicted molar refractivity (Wildman–Crippen MR) is 120 cm³/mol. The van der Waals surface area contributed by atoms with Crippen LogP contribution in [0, 0.1) is 34.5 Å². The van der Waals surface area contributed by atoms with Crippen LogP contribution in [0.1, 0.15) is 90.9 Å². The van der Waals surface area contributed by atoms with Gasteiger partial charge in [-0.05, 0) is 92.3 Å². The standard InChI is InChI=1S/C27H41F3O3/c1-23-11-9-22-20(7-5-19-16-26(32,27(28,29)30)13-12-24(19,22)2)21(23)8-6-18(23)4-3-10-25(31)14-15-33-17-25/h5,18,20-22,31-32H,3-4,6-17H2,1-2H3/t18-,20+,21+,22+,23-,24+,25?,26+/m1/s1. The Morgan fingerprint density at radius 3 is 2.52 bits per heavy atom. The highest BCUT2D eigenvalue weighted by Gasteiger charge is 2.63. The highest BCUT2D eigenvalue weighted by molar-refractivity contribution is 5.27. The number of allylic oxidation sites excluding steroid dienone is 1. The van der Waals surface area contributed by atoms with Crippen LogP contribution in [0.3, 0.4) is 0 Å². The lowest BCUT2D eigenvalue weighted by Crippen LogP contribution is -2.55. The second-order valence-corrected chi connectivity index (χ2v) is 12.7. The van der Waals surface area contributed by atoms with Crippen LogP contribution in [-0.2, 0) is 4.74 Å². The molecule has 4 aliphatic carbocycles. The maximum Gasteiger partial charge on any atom is 0.417 e. The molecule has 0 aromatic carbocycles. The Bertz CT molecular complexity index is 788. The van der Waals surface area contributed by atoms with E-state index in [0.29, 0.717) is 48.7 Å². The fraction of sp³-hybridized carbons (Fsp3) is 0.926. The first-order chi connectivity index (χ1) is 15.4. The molecule has 8 atom stereocenters. The molecule has 0 spiro atoms. The van der Waals surface area contributed by atoms with Crippen molar-refractivity contribution >= 4 is 0 Å². The van der Waals surface area contributed by atoms with Crippen molar-refractivity contribution in [2.24, 2.45) is 34.5 Å². The third-order valence-corrected chi connectivity index (χ3v) is 11.2. The van der Waals surface area contributed by atoms with Crippen molar-refractivity contribution in [3.05, 3.63) is 11.6 Å². The Labute approximate surface area is 196 Å². The van der Waals surface area contributed by atoms with Crippen LogP contribution >= 0.6 is 0 Å². The first-order valence-electron chi connectivity index (χ1n) is 13.2. The van der Waals surface area contributed by atoms with Gasteiger partial charge in [0, 0.05) is 19.4 Å². The molecule has 1 unspecified atom stereocenters. The number of halogens is 3. The van der Waals surface area contributed by atoms with Gasteiger partial charge in [0.2, 0.25) is 0 Å². The fourth-order valence-corrected chi connectivity index (χ4v) is 8.94. The van der Waals surface area contributed by atoms with Gasteiger partial charge >= 0.3 is 6.18 Å². The maximum atomic E-state index is 13.5. The van der Waals surface area contributed by atoms with E-state index >= 15 is 0 Å². The van der Waals surface area contributed by atoms with Crippen molar-refractivity contribution in [2.75, 3.05) is 13.2 Å². The van der Waals surface area contributed by atoms with Crippen LogP contribution in [0.15, 0.2) is 11.6 Å². The van der Waals surface area contributed by atoms with Crippen LogP contribution in [0.2, 0.25) is 0 Å². The van der Waals surface area contributed by atoms with E-state index in [1.807, 2.05) is 0 Å². The molecule has 0 radical (unpaired) electrons. The molecule has 5 rings (SSSR count). The van der Waals surface area contributed by atoms with Crippen LogP contribution in [0.4, 0.5) is 13.2 Å². The molecule has 4 fully saturated rings. The zero-order chi connectivity index (χ0) is 23.7. The molecule has 2 N–H and O–H groups in total. The Kier molecular flexibility index (Phi) is 5.82. The second kappa shape index (κ2) is 7.96. The molecule has 3 nitrogen and oxygen atoms in total. The van der Waals surface area contributed by atoms with E-state index in [1.165, 1.54) is 12.8 Å². The first-order valence-corrected chi connectivity index (χ1v) is 13.2. The van der Waals surface area contributed by atoms with Gasteiger partial charge in [0.1, 0.15) is 0 Å². The van der Waals surface area contributed by atoms with Crippen LogP contribution in [-0.4, -0.2) is 40.8 Å². The zero-order valence-electron chi connectivity index (χ0n) is 20.2. The largest absolute Gasteiger partial charge is 0.417 e. The quantitative estimate of drug-likeness (QED) is 0.483. The van der Waals surface area contributed by atoms with Crippen molar-refractivity contribution in [2.45, 2.75) is 108 Å². The minimum atomic E-state index is -4.56. The summed E-state index contributed by atoms with van der Waals surface area (Å²) in [5.74, 6) is 2.29. The maximum absolute atomic E-state index is 13.5. The summed E-state index contributed by atoms with van der Waals surface area (Å²) in [5.41, 5.74) is -2.22. The summed E-state index contributed by atoms with van der Waals surface area (Å²) in [7, 11) is 0. The lowest BCUT2D eigenvalue weighted by molar-refractivity contribution is -0.271. The van der Waals surface area contributed by atoms with Crippen LogP contribution in [0.25, 0.3) is 0 Å². The van der Waals surface area contributed by atoms with Gasteiger partial charge in [-0.25, -0.2) is 0 Å². The van der Waals surface area contributed by atoms with Crippen molar-refractivity contribution in [3.63, 3.8) is 0 Å². The van der Waals surface area contributed by atoms with E-state index in [9.17, 15) is 23.4 Å². The molecule has 3 saturated carbocycles. The van der Waals surface area contributed by atoms with Gasteiger partial charge in [-0.2, -0.15) is 13.2 Å². The molecule has 5 aliphatic rings. The van der Waals surface area contributed by atoms with Crippen molar-refractivity contribution in [3.8, 4) is 0 Å². The molecule has 1 saturated heterocycles. The van der Waals surface area contributed by atoms with E-state index in [2.05, 4.69) is 19.9 Å². The van der Waals surface area contributed by atoms with Gasteiger partial charge < -0.3 is 14.9 Å². The van der Waals surface area contributed by atoms with E-state index in [-0.39, 0.29) is 18.3 Å². The fourth-order valence-electron chi connectivity index (χ4n) is 8.94. The van der Waals surface area contributed by atoms with E-state index in [0.717, 1.165) is 50.5 Å². The Morgan fingerprint density at radius 2 is 1.82 bits per heavy atom. The summed E-state index contributed by atoms with van der Waals surface area (Å²) in [6.07, 6.45) is 6.88. The third-order valence-electron chi connectivity index (χ3n) is 11.2. The summed E-state index contributed by atoms with van der Waals surface area (Å²) in [6.45, 7) is 5.80. The van der Waals surface area contributed by atoms with E-state index < -0.39 is 17.4 Å². The van der Waals surface area contributed by atoms with Gasteiger partial charge in [-0.15, -0.1) is 0 Å². The molecule has 188 valence electrons. The van der Waals surface area contributed by atoms with Gasteiger partial charge in [-0.1, -0.05) is 31.9 Å². The minimum absolute atomic E-state index is 0.176. The lowest BCUT2D eigenvalue weighted by Gasteiger charge is -2.59. The molecule has 0 amide bonds. The first kappa shape index (κ1) is 24.1. The molecule has 0 aromatic heterocycles. The van der Waals surface area contributed by atoms with Gasteiger partial charge in [0.05, 0.1) is 12.2 Å². The number of ether oxygens (including phenoxy) is 1. The number of hydrogen-bond donors (Lipinski definition) is 2. The molecular weight excluding hydrogens is 429 g/mol. The number of hydrogen-bond acceptors (Lipinski definition) is 3. The molecule has 0 bridgehead atoms. The van der Waals surface area contributed by atoms with Gasteiger partial charge in [-0.3, -0.25) is 0 Å². The minimum Gasteiger partial charge on any atom is -0.387 e. The summed E-state index contributed by atoms with van der Waals surface area (Å²) in [6, 6.07) is 0.